The Labute approximate surface area is 211 Å². The van der Waals surface area contributed by atoms with E-state index in [-0.39, 0.29) is 39.2 Å². The third kappa shape index (κ3) is 4.65. The highest BCUT2D eigenvalue weighted by molar-refractivity contribution is 7.59. The first-order valence-electron chi connectivity index (χ1n) is 9.97. The molecule has 0 bridgehead atoms. The Morgan fingerprint density at radius 2 is 1.91 bits per heavy atom. The summed E-state index contributed by atoms with van der Waals surface area (Å²) in [5.74, 6) is 0.138. The van der Waals surface area contributed by atoms with Crippen molar-refractivity contribution in [3.8, 4) is 22.8 Å². The molecule has 1 amide bonds. The minimum Gasteiger partial charge on any atom is -0.337 e. The SMILES string of the molecule is C.C[C@H]1CN(c2ccc(C(F)(F)F)c(Cl)c2)C(=O)c2c(-c3cnc(-c4ccccn4)[nH]3)cnn21.S. The molecule has 184 valence electrons. The van der Waals surface area contributed by atoms with E-state index in [1.807, 2.05) is 13.0 Å². The summed E-state index contributed by atoms with van der Waals surface area (Å²) < 4.78 is 40.9. The number of nitrogens with one attached hydrogen (secondary N) is 1. The topological polar surface area (TPSA) is 79.7 Å². The molecule has 4 heterocycles. The molecule has 35 heavy (non-hydrogen) atoms. The molecule has 3 aromatic heterocycles. The number of pyridine rings is 1. The van der Waals surface area contributed by atoms with Crippen LogP contribution in [0.2, 0.25) is 5.02 Å². The molecule has 5 rings (SSSR count). The molecule has 0 fully saturated rings. The van der Waals surface area contributed by atoms with Gasteiger partial charge in [-0.3, -0.25) is 14.5 Å². The molecule has 0 unspecified atom stereocenters. The van der Waals surface area contributed by atoms with Crippen molar-refractivity contribution >= 4 is 36.7 Å². The van der Waals surface area contributed by atoms with Gasteiger partial charge < -0.3 is 9.88 Å². The van der Waals surface area contributed by atoms with E-state index in [1.54, 1.807) is 35.4 Å². The van der Waals surface area contributed by atoms with Gasteiger partial charge in [-0.25, -0.2) is 4.98 Å². The molecule has 0 saturated heterocycles. The zero-order chi connectivity index (χ0) is 23.3. The second-order valence-corrected chi connectivity index (χ2v) is 8.05. The summed E-state index contributed by atoms with van der Waals surface area (Å²) in [4.78, 5) is 26.6. The molecule has 0 spiro atoms. The number of anilines is 1. The van der Waals surface area contributed by atoms with Crippen LogP contribution in [0.4, 0.5) is 18.9 Å². The lowest BCUT2D eigenvalue weighted by Crippen LogP contribution is -2.42. The highest BCUT2D eigenvalue weighted by Gasteiger charge is 2.36. The van der Waals surface area contributed by atoms with E-state index in [1.165, 1.54) is 11.0 Å². The maximum Gasteiger partial charge on any atom is 0.417 e. The van der Waals surface area contributed by atoms with E-state index in [2.05, 4.69) is 20.1 Å². The molecule has 1 aliphatic rings. The lowest BCUT2D eigenvalue weighted by atomic mass is 10.1. The number of alkyl halides is 3. The van der Waals surface area contributed by atoms with Crippen molar-refractivity contribution in [3.05, 3.63) is 71.3 Å². The summed E-state index contributed by atoms with van der Waals surface area (Å²) in [6, 6.07) is 8.52. The van der Waals surface area contributed by atoms with Gasteiger partial charge in [-0.15, -0.1) is 0 Å². The van der Waals surface area contributed by atoms with Crippen molar-refractivity contribution in [3.63, 3.8) is 0 Å². The van der Waals surface area contributed by atoms with Crippen LogP contribution in [-0.2, 0) is 6.18 Å². The Morgan fingerprint density at radius 1 is 1.14 bits per heavy atom. The fourth-order valence-corrected chi connectivity index (χ4v) is 4.16. The van der Waals surface area contributed by atoms with E-state index in [0.29, 0.717) is 28.5 Å². The molecular weight excluding hydrogens is 501 g/mol. The summed E-state index contributed by atoms with van der Waals surface area (Å²) in [5.41, 5.74) is 1.39. The zero-order valence-electron chi connectivity index (χ0n) is 17.6. The summed E-state index contributed by atoms with van der Waals surface area (Å²) in [6.07, 6.45) is 0.237. The van der Waals surface area contributed by atoms with Gasteiger partial charge in [-0.05, 0) is 37.3 Å². The average Bonchev–Trinajstić information content (AvgIpc) is 3.43. The Balaban J connectivity index is 0.00000171. The van der Waals surface area contributed by atoms with Crippen LogP contribution in [-0.4, -0.2) is 37.2 Å². The monoisotopic (exact) mass is 522 g/mol. The van der Waals surface area contributed by atoms with E-state index < -0.39 is 22.7 Å². The molecule has 1 N–H and O–H groups in total. The van der Waals surface area contributed by atoms with Gasteiger partial charge in [0.15, 0.2) is 5.82 Å². The Morgan fingerprint density at radius 3 is 2.57 bits per heavy atom. The maximum absolute atomic E-state index is 13.4. The lowest BCUT2D eigenvalue weighted by molar-refractivity contribution is -0.137. The smallest absolute Gasteiger partial charge is 0.337 e. The van der Waals surface area contributed by atoms with Gasteiger partial charge in [-0.2, -0.15) is 31.8 Å². The zero-order valence-corrected chi connectivity index (χ0v) is 19.4. The highest BCUT2D eigenvalue weighted by atomic mass is 35.5. The average molecular weight is 523 g/mol. The predicted molar refractivity (Wildman–Crippen MR) is 133 cm³/mol. The first kappa shape index (κ1) is 26.3. The molecule has 0 saturated carbocycles. The number of imidazole rings is 1. The van der Waals surface area contributed by atoms with Crippen molar-refractivity contribution in [2.75, 3.05) is 11.4 Å². The first-order chi connectivity index (χ1) is 15.7. The summed E-state index contributed by atoms with van der Waals surface area (Å²) in [5, 5.41) is 3.91. The van der Waals surface area contributed by atoms with Crippen LogP contribution < -0.4 is 4.90 Å². The molecule has 0 radical (unpaired) electrons. The molecule has 1 atom stereocenters. The van der Waals surface area contributed by atoms with E-state index in [4.69, 9.17) is 11.6 Å². The van der Waals surface area contributed by atoms with E-state index in [9.17, 15) is 18.0 Å². The third-order valence-corrected chi connectivity index (χ3v) is 5.76. The number of halogens is 4. The summed E-state index contributed by atoms with van der Waals surface area (Å²) in [7, 11) is 0. The number of carbonyl (C=O) groups is 1. The Bertz CT molecular complexity index is 1360. The van der Waals surface area contributed by atoms with Crippen molar-refractivity contribution in [1.82, 2.24) is 24.7 Å². The number of benzene rings is 1. The number of amides is 1. The summed E-state index contributed by atoms with van der Waals surface area (Å²) >= 11 is 5.89. The number of hydrogen-bond acceptors (Lipinski definition) is 4. The maximum atomic E-state index is 13.4. The fraction of sp³-hybridized carbons (Fsp3) is 0.217. The van der Waals surface area contributed by atoms with Gasteiger partial charge in [0, 0.05) is 18.4 Å². The lowest BCUT2D eigenvalue weighted by Gasteiger charge is -2.32. The molecule has 0 aliphatic carbocycles. The number of rotatable bonds is 3. The minimum atomic E-state index is -4.58. The predicted octanol–water partition coefficient (Wildman–Crippen LogP) is 5.98. The number of hydrogen-bond donors (Lipinski definition) is 1. The Kier molecular flexibility index (Phi) is 7.32. The number of fused-ring (bicyclic) bond motifs is 1. The molecule has 4 aromatic rings. The molecular formula is C23H22ClF3N6OS. The second kappa shape index (κ2) is 9.74. The van der Waals surface area contributed by atoms with Crippen molar-refractivity contribution in [1.29, 1.82) is 0 Å². The molecule has 12 heteroatoms. The Hall–Kier alpha value is -3.31. The first-order valence-corrected chi connectivity index (χ1v) is 10.3. The molecule has 1 aliphatic heterocycles. The normalized spacial score (nSPS) is 15.3. The second-order valence-electron chi connectivity index (χ2n) is 7.64. The van der Waals surface area contributed by atoms with Gasteiger partial charge in [-0.1, -0.05) is 25.1 Å². The van der Waals surface area contributed by atoms with Crippen LogP contribution in [0.25, 0.3) is 22.8 Å². The van der Waals surface area contributed by atoms with Gasteiger partial charge in [0.1, 0.15) is 11.4 Å². The molecule has 1 aromatic carbocycles. The van der Waals surface area contributed by atoms with Crippen LogP contribution in [0.5, 0.6) is 0 Å². The number of aromatic nitrogens is 5. The van der Waals surface area contributed by atoms with Gasteiger partial charge in [0.25, 0.3) is 5.91 Å². The van der Waals surface area contributed by atoms with Gasteiger partial charge >= 0.3 is 6.18 Å². The fourth-order valence-electron chi connectivity index (χ4n) is 3.87. The van der Waals surface area contributed by atoms with E-state index >= 15 is 0 Å². The van der Waals surface area contributed by atoms with Crippen LogP contribution >= 0.6 is 25.1 Å². The number of carbonyl (C=O) groups excluding carboxylic acids is 1. The largest absolute Gasteiger partial charge is 0.417 e. The van der Waals surface area contributed by atoms with Crippen LogP contribution in [0.15, 0.2) is 55.0 Å². The van der Waals surface area contributed by atoms with E-state index in [0.717, 1.165) is 12.1 Å². The summed E-state index contributed by atoms with van der Waals surface area (Å²) in [6.45, 7) is 2.11. The standard InChI is InChI=1S/C22H16ClF3N6O.CH4.H2S/c1-12-11-31(13-5-6-15(16(23)8-13)22(24,25)26)21(33)19-14(9-29-32(12)19)18-10-28-20(30-18)17-4-2-3-7-27-17;;/h2-10,12H,11H2,1H3,(H,28,30);1H4;1H2/t12-;;/m0../s1. The minimum absolute atomic E-state index is 0. The van der Waals surface area contributed by atoms with Crippen LogP contribution in [0, 0.1) is 0 Å². The van der Waals surface area contributed by atoms with Gasteiger partial charge in [0.2, 0.25) is 0 Å². The van der Waals surface area contributed by atoms with Crippen LogP contribution in [0.1, 0.15) is 36.4 Å². The number of aromatic amines is 1. The quantitative estimate of drug-likeness (QED) is 0.359. The highest BCUT2D eigenvalue weighted by Crippen LogP contribution is 2.38. The number of H-pyrrole nitrogens is 1. The number of nitrogens with zero attached hydrogens (tertiary/aromatic N) is 5. The van der Waals surface area contributed by atoms with Crippen LogP contribution in [0.3, 0.4) is 0 Å². The molecule has 7 nitrogen and oxygen atoms in total. The van der Waals surface area contributed by atoms with Crippen molar-refractivity contribution in [2.45, 2.75) is 26.6 Å². The van der Waals surface area contributed by atoms with Crippen molar-refractivity contribution < 1.29 is 18.0 Å². The van der Waals surface area contributed by atoms with Crippen molar-refractivity contribution in [2.24, 2.45) is 0 Å². The van der Waals surface area contributed by atoms with Gasteiger partial charge in [0.05, 0.1) is 40.3 Å². The third-order valence-electron chi connectivity index (χ3n) is 5.45.